The van der Waals surface area contributed by atoms with Gasteiger partial charge >= 0.3 is 18.3 Å². The lowest BCUT2D eigenvalue weighted by atomic mass is 9.70. The molecular weight excluding hydrogens is 526 g/mol. The lowest BCUT2D eigenvalue weighted by molar-refractivity contribution is -0.347. The Morgan fingerprint density at radius 1 is 0.949 bits per heavy atom. The number of hydrogen-bond donors (Lipinski definition) is 1. The van der Waals surface area contributed by atoms with Crippen LogP contribution in [0.1, 0.15) is 67.3 Å². The number of hydrogen-bond acceptors (Lipinski definition) is 4. The highest BCUT2D eigenvalue weighted by molar-refractivity contribution is 5.71. The van der Waals surface area contributed by atoms with Crippen molar-refractivity contribution in [3.05, 3.63) is 70.3 Å². The highest BCUT2D eigenvalue weighted by Gasteiger charge is 2.68. The normalized spacial score (nSPS) is 17.1. The molecule has 0 bridgehead atoms. The first-order valence-corrected chi connectivity index (χ1v) is 12.7. The molecular formula is C29H32F6O4. The monoisotopic (exact) mass is 558 g/mol. The molecule has 0 unspecified atom stereocenters. The number of benzene rings is 2. The Kier molecular flexibility index (Phi) is 8.79. The number of ether oxygens (including phenoxy) is 2. The number of esters is 1. The summed E-state index contributed by atoms with van der Waals surface area (Å²) in [5.41, 5.74) is -2.13. The highest BCUT2D eigenvalue weighted by atomic mass is 19.4. The first-order chi connectivity index (χ1) is 18.1. The Morgan fingerprint density at radius 3 is 1.97 bits per heavy atom. The van der Waals surface area contributed by atoms with Gasteiger partial charge in [-0.2, -0.15) is 26.3 Å². The van der Waals surface area contributed by atoms with Crippen molar-refractivity contribution >= 4 is 12.0 Å². The zero-order chi connectivity index (χ0) is 29.2. The molecule has 1 N–H and O–H groups in total. The quantitative estimate of drug-likeness (QED) is 0.258. The standard InChI is InChI=1S/C29H32F6O4/c1-5-26(6-2,22-9-11-24(19(4)16-22)38-17-23-10-12-25(36)39-23)21-8-7-20(18(3)15-21)13-14-27(37,28(30,31)32)29(33,34)35/h7-9,11,13-16,23,37H,5-6,10,12,17H2,1-4H3/t23-/m0/s1. The van der Waals surface area contributed by atoms with E-state index >= 15 is 0 Å². The van der Waals surface area contributed by atoms with Crippen LogP contribution in [0.4, 0.5) is 26.3 Å². The number of carbonyl (C=O) groups is 1. The molecule has 1 heterocycles. The van der Waals surface area contributed by atoms with Crippen LogP contribution in [0.2, 0.25) is 0 Å². The van der Waals surface area contributed by atoms with Gasteiger partial charge in [-0.3, -0.25) is 4.79 Å². The van der Waals surface area contributed by atoms with E-state index in [1.807, 2.05) is 39.0 Å². The number of halogens is 6. The van der Waals surface area contributed by atoms with Crippen LogP contribution >= 0.6 is 0 Å². The average molecular weight is 559 g/mol. The Hall–Kier alpha value is -3.01. The van der Waals surface area contributed by atoms with Crippen LogP contribution in [-0.4, -0.2) is 41.7 Å². The smallest absolute Gasteiger partial charge is 0.430 e. The van der Waals surface area contributed by atoms with E-state index in [2.05, 4.69) is 0 Å². The third-order valence-corrected chi connectivity index (χ3v) is 7.52. The van der Waals surface area contributed by atoms with Gasteiger partial charge in [0.2, 0.25) is 0 Å². The summed E-state index contributed by atoms with van der Waals surface area (Å²) < 4.78 is 89.4. The first kappa shape index (κ1) is 30.5. The molecule has 214 valence electrons. The largest absolute Gasteiger partial charge is 0.489 e. The zero-order valence-electron chi connectivity index (χ0n) is 22.2. The molecule has 1 aliphatic heterocycles. The zero-order valence-corrected chi connectivity index (χ0v) is 22.2. The van der Waals surface area contributed by atoms with Gasteiger partial charge in [0.15, 0.2) is 0 Å². The summed E-state index contributed by atoms with van der Waals surface area (Å²) in [7, 11) is 0. The van der Waals surface area contributed by atoms with Crippen LogP contribution in [0.5, 0.6) is 5.75 Å². The molecule has 0 saturated carbocycles. The molecule has 2 aromatic carbocycles. The summed E-state index contributed by atoms with van der Waals surface area (Å²) in [6, 6.07) is 10.7. The third-order valence-electron chi connectivity index (χ3n) is 7.52. The molecule has 1 aliphatic rings. The van der Waals surface area contributed by atoms with Crippen molar-refractivity contribution in [1.29, 1.82) is 0 Å². The Labute approximate surface area is 223 Å². The lowest BCUT2D eigenvalue weighted by Crippen LogP contribution is -2.55. The third kappa shape index (κ3) is 6.10. The minimum atomic E-state index is -5.93. The van der Waals surface area contributed by atoms with Crippen molar-refractivity contribution in [3.8, 4) is 5.75 Å². The number of alkyl halides is 6. The fraction of sp³-hybridized carbons (Fsp3) is 0.483. The Balaban J connectivity index is 1.90. The van der Waals surface area contributed by atoms with Gasteiger partial charge in [0.1, 0.15) is 18.5 Å². The molecule has 3 rings (SSSR count). The van der Waals surface area contributed by atoms with Crippen LogP contribution in [0.15, 0.2) is 42.5 Å². The second kappa shape index (κ2) is 11.2. The first-order valence-electron chi connectivity index (χ1n) is 12.7. The number of rotatable bonds is 9. The lowest BCUT2D eigenvalue weighted by Gasteiger charge is -2.34. The van der Waals surface area contributed by atoms with Gasteiger partial charge in [-0.1, -0.05) is 50.3 Å². The van der Waals surface area contributed by atoms with Gasteiger partial charge in [-0.15, -0.1) is 0 Å². The Morgan fingerprint density at radius 2 is 1.51 bits per heavy atom. The summed E-state index contributed by atoms with van der Waals surface area (Å²) >= 11 is 0. The van der Waals surface area contributed by atoms with Gasteiger partial charge in [-0.25, -0.2) is 0 Å². The van der Waals surface area contributed by atoms with Gasteiger partial charge in [0, 0.05) is 11.8 Å². The van der Waals surface area contributed by atoms with E-state index in [0.29, 0.717) is 43.1 Å². The molecule has 39 heavy (non-hydrogen) atoms. The minimum Gasteiger partial charge on any atom is -0.489 e. The van der Waals surface area contributed by atoms with Gasteiger partial charge in [0.25, 0.3) is 5.60 Å². The number of cyclic esters (lactones) is 1. The summed E-state index contributed by atoms with van der Waals surface area (Å²) in [6.45, 7) is 7.76. The predicted octanol–water partition coefficient (Wildman–Crippen LogP) is 7.36. The highest BCUT2D eigenvalue weighted by Crippen LogP contribution is 2.45. The van der Waals surface area contributed by atoms with E-state index in [1.54, 1.807) is 19.1 Å². The fourth-order valence-corrected chi connectivity index (χ4v) is 4.95. The van der Waals surface area contributed by atoms with E-state index in [4.69, 9.17) is 9.47 Å². The van der Waals surface area contributed by atoms with Crippen LogP contribution < -0.4 is 4.74 Å². The number of aliphatic hydroxyl groups is 1. The fourth-order valence-electron chi connectivity index (χ4n) is 4.95. The predicted molar refractivity (Wildman–Crippen MR) is 134 cm³/mol. The van der Waals surface area contributed by atoms with Crippen LogP contribution in [0.3, 0.4) is 0 Å². The second-order valence-corrected chi connectivity index (χ2v) is 9.90. The minimum absolute atomic E-state index is 0.124. The molecule has 10 heteroatoms. The van der Waals surface area contributed by atoms with E-state index in [9.17, 15) is 36.2 Å². The summed E-state index contributed by atoms with van der Waals surface area (Å²) in [5.74, 6) is 0.417. The molecule has 1 saturated heterocycles. The molecule has 2 aromatic rings. The second-order valence-electron chi connectivity index (χ2n) is 9.90. The molecule has 0 aliphatic carbocycles. The Bertz CT molecular complexity index is 1200. The average Bonchev–Trinajstić information content (AvgIpc) is 3.27. The SMILES string of the molecule is CCC(CC)(c1ccc(C=CC(O)(C(F)(F)F)C(F)(F)F)c(C)c1)c1ccc(OC[C@@H]2CCC(=O)O2)c(C)c1. The maximum Gasteiger partial charge on any atom is 0.430 e. The maximum absolute atomic E-state index is 13.1. The van der Waals surface area contributed by atoms with Crippen molar-refractivity contribution < 1.29 is 45.7 Å². The van der Waals surface area contributed by atoms with E-state index < -0.39 is 23.4 Å². The number of aryl methyl sites for hydroxylation is 2. The topological polar surface area (TPSA) is 55.8 Å². The van der Waals surface area contributed by atoms with Crippen molar-refractivity contribution in [2.45, 2.75) is 82.9 Å². The van der Waals surface area contributed by atoms with E-state index in [0.717, 1.165) is 16.7 Å². The van der Waals surface area contributed by atoms with E-state index in [-0.39, 0.29) is 30.3 Å². The molecule has 1 fully saturated rings. The summed E-state index contributed by atoms with van der Waals surface area (Å²) in [4.78, 5) is 11.3. The van der Waals surface area contributed by atoms with Crippen LogP contribution in [0.25, 0.3) is 6.08 Å². The van der Waals surface area contributed by atoms with Crippen molar-refractivity contribution in [2.75, 3.05) is 6.61 Å². The van der Waals surface area contributed by atoms with Crippen molar-refractivity contribution in [1.82, 2.24) is 0 Å². The molecule has 0 radical (unpaired) electrons. The maximum atomic E-state index is 13.1. The molecule has 1 atom stereocenters. The van der Waals surface area contributed by atoms with Gasteiger partial charge in [0.05, 0.1) is 0 Å². The van der Waals surface area contributed by atoms with Crippen LogP contribution in [-0.2, 0) is 14.9 Å². The molecule has 4 nitrogen and oxygen atoms in total. The van der Waals surface area contributed by atoms with Crippen molar-refractivity contribution in [3.63, 3.8) is 0 Å². The van der Waals surface area contributed by atoms with Crippen molar-refractivity contribution in [2.24, 2.45) is 0 Å². The molecule has 0 aromatic heterocycles. The summed E-state index contributed by atoms with van der Waals surface area (Å²) in [5, 5.41) is 9.44. The van der Waals surface area contributed by atoms with Gasteiger partial charge in [-0.05, 0) is 73.1 Å². The molecule has 0 spiro atoms. The van der Waals surface area contributed by atoms with E-state index in [1.165, 1.54) is 6.07 Å². The summed E-state index contributed by atoms with van der Waals surface area (Å²) in [6.07, 6.45) is -9.39. The number of carbonyl (C=O) groups excluding carboxylic acids is 1. The van der Waals surface area contributed by atoms with Crippen LogP contribution in [0, 0.1) is 13.8 Å². The van der Waals surface area contributed by atoms with Gasteiger partial charge < -0.3 is 14.6 Å². The molecule has 0 amide bonds.